The van der Waals surface area contributed by atoms with E-state index in [1.165, 1.54) is 6.07 Å². The molecule has 2 N–H and O–H groups in total. The monoisotopic (exact) mass is 294 g/mol. The molecule has 1 heterocycles. The molecule has 0 aliphatic carbocycles. The minimum Gasteiger partial charge on any atom is -0.481 e. The highest BCUT2D eigenvalue weighted by molar-refractivity contribution is 6.30. The van der Waals surface area contributed by atoms with E-state index in [1.807, 2.05) is 6.07 Å². The number of hydrogen-bond donors (Lipinski definition) is 1. The Labute approximate surface area is 122 Å². The molecule has 0 spiro atoms. The first-order valence-corrected chi connectivity index (χ1v) is 6.64. The van der Waals surface area contributed by atoms with Gasteiger partial charge >= 0.3 is 0 Å². The van der Waals surface area contributed by atoms with Gasteiger partial charge in [-0.2, -0.15) is 0 Å². The van der Waals surface area contributed by atoms with Gasteiger partial charge in [0, 0.05) is 18.3 Å². The first kappa shape index (κ1) is 14.8. The maximum atomic E-state index is 13.1. The Kier molecular flexibility index (Phi) is 4.93. The summed E-state index contributed by atoms with van der Waals surface area (Å²) in [6.45, 7) is 0. The summed E-state index contributed by atoms with van der Waals surface area (Å²) in [5.74, 6) is 0.163. The standard InChI is InChI=1S/C15H16ClFN2O/c1-20-15-5-3-11(9-19-15)7-12(18)6-10-2-4-14(17)13(16)8-10/h2-5,8-9,12H,6-7,18H2,1H3. The lowest BCUT2D eigenvalue weighted by Gasteiger charge is -2.12. The molecule has 0 aliphatic rings. The number of halogens is 2. The highest BCUT2D eigenvalue weighted by atomic mass is 35.5. The number of benzene rings is 1. The molecule has 3 nitrogen and oxygen atoms in total. The van der Waals surface area contributed by atoms with Crippen LogP contribution in [0, 0.1) is 5.82 Å². The molecule has 1 aromatic carbocycles. The van der Waals surface area contributed by atoms with Gasteiger partial charge in [0.05, 0.1) is 12.1 Å². The van der Waals surface area contributed by atoms with Gasteiger partial charge < -0.3 is 10.5 Å². The Balaban J connectivity index is 1.97. The summed E-state index contributed by atoms with van der Waals surface area (Å²) in [7, 11) is 1.58. The van der Waals surface area contributed by atoms with Crippen molar-refractivity contribution in [3.63, 3.8) is 0 Å². The maximum absolute atomic E-state index is 13.1. The van der Waals surface area contributed by atoms with Crippen LogP contribution < -0.4 is 10.5 Å². The van der Waals surface area contributed by atoms with E-state index in [0.717, 1.165) is 11.1 Å². The lowest BCUT2D eigenvalue weighted by molar-refractivity contribution is 0.397. The van der Waals surface area contributed by atoms with Gasteiger partial charge in [0.2, 0.25) is 5.88 Å². The van der Waals surface area contributed by atoms with Crippen molar-refractivity contribution in [2.24, 2.45) is 5.73 Å². The van der Waals surface area contributed by atoms with E-state index in [2.05, 4.69) is 4.98 Å². The first-order valence-electron chi connectivity index (χ1n) is 6.27. The van der Waals surface area contributed by atoms with Gasteiger partial charge in [-0.15, -0.1) is 0 Å². The summed E-state index contributed by atoms with van der Waals surface area (Å²) in [5, 5.41) is 0.126. The summed E-state index contributed by atoms with van der Waals surface area (Å²) < 4.78 is 18.1. The summed E-state index contributed by atoms with van der Waals surface area (Å²) >= 11 is 5.75. The fraction of sp³-hybridized carbons (Fsp3) is 0.267. The van der Waals surface area contributed by atoms with Crippen molar-refractivity contribution in [3.8, 4) is 5.88 Å². The van der Waals surface area contributed by atoms with Gasteiger partial charge in [-0.3, -0.25) is 0 Å². The second-order valence-corrected chi connectivity index (χ2v) is 5.03. The minimum absolute atomic E-state index is 0.0771. The van der Waals surface area contributed by atoms with Crippen LogP contribution in [0.5, 0.6) is 5.88 Å². The average Bonchev–Trinajstić information content (AvgIpc) is 2.44. The number of rotatable bonds is 5. The molecule has 0 bridgehead atoms. The molecule has 2 rings (SSSR count). The highest BCUT2D eigenvalue weighted by Gasteiger charge is 2.08. The van der Waals surface area contributed by atoms with Crippen molar-refractivity contribution in [3.05, 3.63) is 58.5 Å². The molecule has 0 saturated heterocycles. The molecule has 0 aliphatic heterocycles. The van der Waals surface area contributed by atoms with Gasteiger partial charge in [0.25, 0.3) is 0 Å². The van der Waals surface area contributed by atoms with Gasteiger partial charge in [0.15, 0.2) is 0 Å². The van der Waals surface area contributed by atoms with Crippen LogP contribution in [0.1, 0.15) is 11.1 Å². The molecule has 106 valence electrons. The number of nitrogens with two attached hydrogens (primary N) is 1. The van der Waals surface area contributed by atoms with Crippen LogP contribution >= 0.6 is 11.6 Å². The van der Waals surface area contributed by atoms with E-state index in [9.17, 15) is 4.39 Å². The van der Waals surface area contributed by atoms with Crippen LogP contribution in [0.15, 0.2) is 36.5 Å². The average molecular weight is 295 g/mol. The summed E-state index contributed by atoms with van der Waals surface area (Å²) in [6.07, 6.45) is 3.06. The Hall–Kier alpha value is -1.65. The zero-order valence-corrected chi connectivity index (χ0v) is 11.9. The molecule has 0 amide bonds. The summed E-state index contributed by atoms with van der Waals surface area (Å²) in [6, 6.07) is 8.34. The number of pyridine rings is 1. The van der Waals surface area contributed by atoms with E-state index >= 15 is 0 Å². The van der Waals surface area contributed by atoms with Crippen molar-refractivity contribution in [1.82, 2.24) is 4.98 Å². The molecule has 1 atom stereocenters. The molecule has 5 heteroatoms. The van der Waals surface area contributed by atoms with Gasteiger partial charge in [-0.05, 0) is 36.1 Å². The molecule has 2 aromatic rings. The first-order chi connectivity index (χ1) is 9.58. The Morgan fingerprint density at radius 2 is 1.95 bits per heavy atom. The van der Waals surface area contributed by atoms with Crippen LogP contribution in [0.4, 0.5) is 4.39 Å². The molecular weight excluding hydrogens is 279 g/mol. The summed E-state index contributed by atoms with van der Waals surface area (Å²) in [4.78, 5) is 4.13. The Morgan fingerprint density at radius 3 is 2.55 bits per heavy atom. The predicted molar refractivity (Wildman–Crippen MR) is 77.6 cm³/mol. The van der Waals surface area contributed by atoms with Crippen LogP contribution in [-0.2, 0) is 12.8 Å². The molecule has 0 fully saturated rings. The molecule has 0 saturated carbocycles. The van der Waals surface area contributed by atoms with Gasteiger partial charge in [0.1, 0.15) is 5.82 Å². The maximum Gasteiger partial charge on any atom is 0.212 e. The summed E-state index contributed by atoms with van der Waals surface area (Å²) in [5.41, 5.74) is 8.06. The molecule has 0 radical (unpaired) electrons. The van der Waals surface area contributed by atoms with E-state index in [1.54, 1.807) is 31.5 Å². The molecule has 1 aromatic heterocycles. The van der Waals surface area contributed by atoms with Gasteiger partial charge in [-0.25, -0.2) is 9.37 Å². The topological polar surface area (TPSA) is 48.1 Å². The van der Waals surface area contributed by atoms with Crippen molar-refractivity contribution in [1.29, 1.82) is 0 Å². The Morgan fingerprint density at radius 1 is 1.25 bits per heavy atom. The normalized spacial score (nSPS) is 12.2. The second-order valence-electron chi connectivity index (χ2n) is 4.63. The lowest BCUT2D eigenvalue weighted by Crippen LogP contribution is -2.25. The largest absolute Gasteiger partial charge is 0.481 e. The fourth-order valence-corrected chi connectivity index (χ4v) is 2.20. The third kappa shape index (κ3) is 3.92. The SMILES string of the molecule is COc1ccc(CC(N)Cc2ccc(F)c(Cl)c2)cn1. The zero-order chi connectivity index (χ0) is 14.5. The van der Waals surface area contributed by atoms with E-state index in [-0.39, 0.29) is 11.1 Å². The van der Waals surface area contributed by atoms with Crippen LogP contribution in [0.25, 0.3) is 0 Å². The van der Waals surface area contributed by atoms with Crippen molar-refractivity contribution in [2.75, 3.05) is 7.11 Å². The minimum atomic E-state index is -0.414. The van der Waals surface area contributed by atoms with Crippen LogP contribution in [0.2, 0.25) is 5.02 Å². The number of methoxy groups -OCH3 is 1. The number of nitrogens with zero attached hydrogens (tertiary/aromatic N) is 1. The quantitative estimate of drug-likeness (QED) is 0.922. The van der Waals surface area contributed by atoms with E-state index in [0.29, 0.717) is 18.7 Å². The third-order valence-electron chi connectivity index (χ3n) is 2.99. The van der Waals surface area contributed by atoms with Crippen molar-refractivity contribution >= 4 is 11.6 Å². The molecular formula is C15H16ClFN2O. The van der Waals surface area contributed by atoms with Crippen molar-refractivity contribution in [2.45, 2.75) is 18.9 Å². The van der Waals surface area contributed by atoms with E-state index < -0.39 is 5.82 Å². The third-order valence-corrected chi connectivity index (χ3v) is 3.28. The highest BCUT2D eigenvalue weighted by Crippen LogP contribution is 2.17. The number of aromatic nitrogens is 1. The zero-order valence-electron chi connectivity index (χ0n) is 11.1. The van der Waals surface area contributed by atoms with Crippen LogP contribution in [0.3, 0.4) is 0 Å². The number of ether oxygens (including phenoxy) is 1. The molecule has 1 unspecified atom stereocenters. The van der Waals surface area contributed by atoms with Gasteiger partial charge in [-0.1, -0.05) is 23.7 Å². The molecule has 20 heavy (non-hydrogen) atoms. The smallest absolute Gasteiger partial charge is 0.212 e. The Bertz CT molecular complexity index is 575. The van der Waals surface area contributed by atoms with E-state index in [4.69, 9.17) is 22.1 Å². The fourth-order valence-electron chi connectivity index (χ4n) is 2.00. The predicted octanol–water partition coefficient (Wildman–Crippen LogP) is 3.00. The number of hydrogen-bond acceptors (Lipinski definition) is 3. The van der Waals surface area contributed by atoms with Crippen molar-refractivity contribution < 1.29 is 9.13 Å². The second kappa shape index (κ2) is 6.68. The van der Waals surface area contributed by atoms with Crippen LogP contribution in [-0.4, -0.2) is 18.1 Å². The lowest BCUT2D eigenvalue weighted by atomic mass is 10.0.